The van der Waals surface area contributed by atoms with Gasteiger partial charge in [-0.05, 0) is 24.6 Å². The second-order valence-electron chi connectivity index (χ2n) is 3.97. The molecule has 2 heterocycles. The first-order chi connectivity index (χ1) is 9.58. The van der Waals surface area contributed by atoms with E-state index in [-0.39, 0.29) is 18.7 Å². The van der Waals surface area contributed by atoms with Crippen molar-refractivity contribution in [2.45, 2.75) is 12.5 Å². The molecule has 20 heavy (non-hydrogen) atoms. The molecule has 1 atom stereocenters. The normalized spacial score (nSPS) is 12.1. The minimum absolute atomic E-state index is 0.149. The molecule has 8 heteroatoms. The van der Waals surface area contributed by atoms with Crippen molar-refractivity contribution in [1.82, 2.24) is 5.32 Å². The minimum Gasteiger partial charge on any atom is -0.467 e. The number of rotatable bonds is 6. The van der Waals surface area contributed by atoms with Crippen LogP contribution < -0.4 is 5.32 Å². The lowest BCUT2D eigenvalue weighted by molar-refractivity contribution is -0.402. The van der Waals surface area contributed by atoms with Crippen LogP contribution >= 0.6 is 0 Å². The van der Waals surface area contributed by atoms with Crippen molar-refractivity contribution in [2.24, 2.45) is 0 Å². The third kappa shape index (κ3) is 3.23. The summed E-state index contributed by atoms with van der Waals surface area (Å²) >= 11 is 0. The van der Waals surface area contributed by atoms with Gasteiger partial charge in [-0.1, -0.05) is 0 Å². The smallest absolute Gasteiger partial charge is 0.433 e. The van der Waals surface area contributed by atoms with E-state index in [1.54, 1.807) is 12.1 Å². The summed E-state index contributed by atoms with van der Waals surface area (Å²) in [5.74, 6) is -0.812. The van der Waals surface area contributed by atoms with Crippen LogP contribution in [0.5, 0.6) is 0 Å². The fourth-order valence-corrected chi connectivity index (χ4v) is 1.58. The average molecular weight is 280 g/mol. The summed E-state index contributed by atoms with van der Waals surface area (Å²) in [6, 6.07) is 5.60. The summed E-state index contributed by atoms with van der Waals surface area (Å²) in [6.07, 6.45) is 0.873. The van der Waals surface area contributed by atoms with Gasteiger partial charge >= 0.3 is 5.88 Å². The molecular formula is C12H12N2O6. The number of aliphatic hydroxyl groups excluding tert-OH is 1. The van der Waals surface area contributed by atoms with E-state index >= 15 is 0 Å². The summed E-state index contributed by atoms with van der Waals surface area (Å²) in [7, 11) is 0. The maximum absolute atomic E-state index is 11.6. The zero-order valence-corrected chi connectivity index (χ0v) is 10.3. The lowest BCUT2D eigenvalue weighted by atomic mass is 10.2. The Balaban J connectivity index is 1.81. The highest BCUT2D eigenvalue weighted by Crippen LogP contribution is 2.17. The largest absolute Gasteiger partial charge is 0.467 e. The van der Waals surface area contributed by atoms with E-state index in [1.165, 1.54) is 12.3 Å². The Morgan fingerprint density at radius 3 is 2.85 bits per heavy atom. The zero-order valence-electron chi connectivity index (χ0n) is 10.3. The van der Waals surface area contributed by atoms with E-state index in [9.17, 15) is 20.0 Å². The van der Waals surface area contributed by atoms with Gasteiger partial charge < -0.3 is 19.3 Å². The van der Waals surface area contributed by atoms with Crippen molar-refractivity contribution in [3.8, 4) is 0 Å². The maximum atomic E-state index is 11.6. The minimum atomic E-state index is -0.823. The molecule has 1 amide bonds. The number of amides is 1. The third-order valence-electron chi connectivity index (χ3n) is 2.57. The van der Waals surface area contributed by atoms with Gasteiger partial charge in [0.2, 0.25) is 0 Å². The molecule has 2 rings (SSSR count). The van der Waals surface area contributed by atoms with Crippen LogP contribution in [0, 0.1) is 10.1 Å². The van der Waals surface area contributed by atoms with Gasteiger partial charge in [-0.15, -0.1) is 0 Å². The number of nitrogens with zero attached hydrogens (tertiary/aromatic N) is 1. The molecule has 1 unspecified atom stereocenters. The quantitative estimate of drug-likeness (QED) is 0.613. The van der Waals surface area contributed by atoms with Crippen LogP contribution in [0.2, 0.25) is 0 Å². The van der Waals surface area contributed by atoms with Gasteiger partial charge in [-0.25, -0.2) is 0 Å². The Hall–Kier alpha value is -2.61. The topological polar surface area (TPSA) is 119 Å². The van der Waals surface area contributed by atoms with Crippen molar-refractivity contribution < 1.29 is 23.7 Å². The Morgan fingerprint density at radius 1 is 1.45 bits per heavy atom. The molecule has 0 radical (unpaired) electrons. The second kappa shape index (κ2) is 6.02. The summed E-state index contributed by atoms with van der Waals surface area (Å²) in [5.41, 5.74) is 0. The summed E-state index contributed by atoms with van der Waals surface area (Å²) < 4.78 is 9.76. The standard InChI is InChI=1S/C12H12N2O6/c15-8(9-2-1-7-19-9)5-6-13-12(16)10-3-4-11(20-10)14(17)18/h1-4,7-8,15H,5-6H2,(H,13,16). The summed E-state index contributed by atoms with van der Waals surface area (Å²) in [6.45, 7) is 0.176. The van der Waals surface area contributed by atoms with Crippen LogP contribution in [0.25, 0.3) is 0 Å². The molecule has 2 aromatic heterocycles. The first-order valence-corrected chi connectivity index (χ1v) is 5.82. The van der Waals surface area contributed by atoms with Crippen LogP contribution in [-0.4, -0.2) is 22.5 Å². The molecule has 0 saturated carbocycles. The number of furan rings is 2. The maximum Gasteiger partial charge on any atom is 0.433 e. The first kappa shape index (κ1) is 13.8. The number of carbonyl (C=O) groups is 1. The summed E-state index contributed by atoms with van der Waals surface area (Å²) in [5, 5.41) is 22.6. The van der Waals surface area contributed by atoms with Gasteiger partial charge in [0.05, 0.1) is 12.3 Å². The highest BCUT2D eigenvalue weighted by Gasteiger charge is 2.17. The predicted octanol–water partition coefficient (Wildman–Crippen LogP) is 1.63. The Bertz CT molecular complexity index is 589. The van der Waals surface area contributed by atoms with Gasteiger partial charge in [0.15, 0.2) is 5.76 Å². The van der Waals surface area contributed by atoms with Crippen LogP contribution in [0.15, 0.2) is 39.4 Å². The molecular weight excluding hydrogens is 268 g/mol. The van der Waals surface area contributed by atoms with E-state index in [0.29, 0.717) is 5.76 Å². The summed E-state index contributed by atoms with van der Waals surface area (Å²) in [4.78, 5) is 21.3. The van der Waals surface area contributed by atoms with Gasteiger partial charge in [0, 0.05) is 6.54 Å². The highest BCUT2D eigenvalue weighted by atomic mass is 16.6. The van der Waals surface area contributed by atoms with E-state index in [2.05, 4.69) is 5.32 Å². The Morgan fingerprint density at radius 2 is 2.25 bits per heavy atom. The molecule has 0 aromatic carbocycles. The number of hydrogen-bond donors (Lipinski definition) is 2. The van der Waals surface area contributed by atoms with Crippen LogP contribution in [0.3, 0.4) is 0 Å². The second-order valence-corrected chi connectivity index (χ2v) is 3.97. The van der Waals surface area contributed by atoms with Crippen molar-refractivity contribution in [2.75, 3.05) is 6.54 Å². The van der Waals surface area contributed by atoms with E-state index < -0.39 is 22.8 Å². The molecule has 106 valence electrons. The lowest BCUT2D eigenvalue weighted by Gasteiger charge is -2.07. The van der Waals surface area contributed by atoms with Crippen molar-refractivity contribution in [1.29, 1.82) is 0 Å². The molecule has 2 aromatic rings. The molecule has 0 spiro atoms. The third-order valence-corrected chi connectivity index (χ3v) is 2.57. The fraction of sp³-hybridized carbons (Fsp3) is 0.250. The first-order valence-electron chi connectivity index (χ1n) is 5.82. The van der Waals surface area contributed by atoms with Crippen molar-refractivity contribution >= 4 is 11.8 Å². The van der Waals surface area contributed by atoms with Gasteiger partial charge in [0.25, 0.3) is 5.91 Å². The van der Waals surface area contributed by atoms with Gasteiger partial charge in [-0.2, -0.15) is 0 Å². The SMILES string of the molecule is O=C(NCCC(O)c1ccco1)c1ccc([N+](=O)[O-])o1. The fourth-order valence-electron chi connectivity index (χ4n) is 1.58. The van der Waals surface area contributed by atoms with Gasteiger partial charge in [0.1, 0.15) is 16.8 Å². The predicted molar refractivity (Wildman–Crippen MR) is 66.0 cm³/mol. The van der Waals surface area contributed by atoms with Crippen LogP contribution in [0.1, 0.15) is 28.8 Å². The van der Waals surface area contributed by atoms with Crippen molar-refractivity contribution in [3.63, 3.8) is 0 Å². The Kier molecular flexibility index (Phi) is 4.16. The molecule has 0 aliphatic carbocycles. The number of carbonyl (C=O) groups excluding carboxylic acids is 1. The number of nitro groups is 1. The average Bonchev–Trinajstić information content (AvgIpc) is 3.09. The highest BCUT2D eigenvalue weighted by molar-refractivity contribution is 5.91. The van der Waals surface area contributed by atoms with Gasteiger partial charge in [-0.3, -0.25) is 14.9 Å². The lowest BCUT2D eigenvalue weighted by Crippen LogP contribution is -2.25. The van der Waals surface area contributed by atoms with E-state index in [0.717, 1.165) is 6.07 Å². The number of nitrogens with one attached hydrogen (secondary N) is 1. The molecule has 8 nitrogen and oxygen atoms in total. The molecule has 0 aliphatic rings. The van der Waals surface area contributed by atoms with E-state index in [4.69, 9.17) is 8.83 Å². The van der Waals surface area contributed by atoms with Crippen molar-refractivity contribution in [3.05, 3.63) is 52.2 Å². The Labute approximate surface area is 113 Å². The molecule has 0 bridgehead atoms. The molecule has 2 N–H and O–H groups in total. The number of aliphatic hydroxyl groups is 1. The zero-order chi connectivity index (χ0) is 14.5. The monoisotopic (exact) mass is 280 g/mol. The molecule has 0 aliphatic heterocycles. The van der Waals surface area contributed by atoms with Crippen LogP contribution in [-0.2, 0) is 0 Å². The van der Waals surface area contributed by atoms with E-state index in [1.807, 2.05) is 0 Å². The molecule has 0 saturated heterocycles. The van der Waals surface area contributed by atoms with Crippen LogP contribution in [0.4, 0.5) is 5.88 Å². The number of hydrogen-bond acceptors (Lipinski definition) is 6. The molecule has 0 fully saturated rings.